The third-order valence-corrected chi connectivity index (χ3v) is 2.70. The maximum atomic E-state index is 13.3. The average Bonchev–Trinajstić information content (AvgIpc) is 2.40. The number of para-hydroxylation sites is 1. The molecule has 1 N–H and O–H groups in total. The molecule has 19 heavy (non-hydrogen) atoms. The first kappa shape index (κ1) is 13.3. The SMILES string of the molecule is Cc1ccc(F)cc1OCCNc1ccccc1F. The Balaban J connectivity index is 1.84. The minimum Gasteiger partial charge on any atom is -0.491 e. The van der Waals surface area contributed by atoms with E-state index in [0.29, 0.717) is 24.6 Å². The van der Waals surface area contributed by atoms with Gasteiger partial charge < -0.3 is 10.1 Å². The summed E-state index contributed by atoms with van der Waals surface area (Å²) in [6.07, 6.45) is 0. The molecule has 2 rings (SSSR count). The lowest BCUT2D eigenvalue weighted by atomic mass is 10.2. The predicted octanol–water partition coefficient (Wildman–Crippen LogP) is 3.76. The summed E-state index contributed by atoms with van der Waals surface area (Å²) in [5, 5.41) is 2.92. The fourth-order valence-electron chi connectivity index (χ4n) is 1.68. The number of hydrogen-bond donors (Lipinski definition) is 1. The first-order chi connectivity index (χ1) is 9.16. The maximum Gasteiger partial charge on any atom is 0.146 e. The van der Waals surface area contributed by atoms with Crippen molar-refractivity contribution in [3.63, 3.8) is 0 Å². The van der Waals surface area contributed by atoms with Crippen molar-refractivity contribution in [2.24, 2.45) is 0 Å². The van der Waals surface area contributed by atoms with Crippen LogP contribution < -0.4 is 10.1 Å². The summed E-state index contributed by atoms with van der Waals surface area (Å²) in [6, 6.07) is 10.8. The highest BCUT2D eigenvalue weighted by atomic mass is 19.1. The molecule has 0 aliphatic heterocycles. The molecule has 0 fully saturated rings. The molecule has 4 heteroatoms. The molecule has 2 aromatic rings. The number of rotatable bonds is 5. The minimum absolute atomic E-state index is 0.301. The highest BCUT2D eigenvalue weighted by Crippen LogP contribution is 2.18. The zero-order valence-corrected chi connectivity index (χ0v) is 10.6. The van der Waals surface area contributed by atoms with Crippen LogP contribution in [0.15, 0.2) is 42.5 Å². The Morgan fingerprint density at radius 1 is 1.11 bits per heavy atom. The fourth-order valence-corrected chi connectivity index (χ4v) is 1.68. The maximum absolute atomic E-state index is 13.3. The van der Waals surface area contributed by atoms with E-state index in [1.54, 1.807) is 24.3 Å². The van der Waals surface area contributed by atoms with Crippen molar-refractivity contribution in [1.82, 2.24) is 0 Å². The Labute approximate surface area is 111 Å². The zero-order valence-electron chi connectivity index (χ0n) is 10.6. The van der Waals surface area contributed by atoms with Crippen LogP contribution in [0.1, 0.15) is 5.56 Å². The Morgan fingerprint density at radius 3 is 2.68 bits per heavy atom. The normalized spacial score (nSPS) is 10.3. The highest BCUT2D eigenvalue weighted by molar-refractivity contribution is 5.44. The van der Waals surface area contributed by atoms with Crippen LogP contribution in [-0.4, -0.2) is 13.2 Å². The summed E-state index contributed by atoms with van der Waals surface area (Å²) < 4.78 is 31.8. The molecule has 0 unspecified atom stereocenters. The Morgan fingerprint density at radius 2 is 1.89 bits per heavy atom. The molecular formula is C15H15F2NO. The molecule has 2 aromatic carbocycles. The lowest BCUT2D eigenvalue weighted by Crippen LogP contribution is -2.12. The van der Waals surface area contributed by atoms with E-state index >= 15 is 0 Å². The summed E-state index contributed by atoms with van der Waals surface area (Å²) in [5.41, 5.74) is 1.30. The average molecular weight is 263 g/mol. The number of anilines is 1. The van der Waals surface area contributed by atoms with Gasteiger partial charge >= 0.3 is 0 Å². The van der Waals surface area contributed by atoms with Gasteiger partial charge in [-0.25, -0.2) is 8.78 Å². The number of benzene rings is 2. The van der Waals surface area contributed by atoms with Crippen molar-refractivity contribution in [2.75, 3.05) is 18.5 Å². The Hall–Kier alpha value is -2.10. The van der Waals surface area contributed by atoms with E-state index < -0.39 is 0 Å². The van der Waals surface area contributed by atoms with Crippen LogP contribution in [0.3, 0.4) is 0 Å². The van der Waals surface area contributed by atoms with Gasteiger partial charge in [-0.05, 0) is 30.7 Å². The van der Waals surface area contributed by atoms with E-state index in [1.165, 1.54) is 18.2 Å². The number of nitrogens with one attached hydrogen (secondary N) is 1. The van der Waals surface area contributed by atoms with Gasteiger partial charge in [0.05, 0.1) is 5.69 Å². The van der Waals surface area contributed by atoms with Gasteiger partial charge in [0.2, 0.25) is 0 Å². The van der Waals surface area contributed by atoms with E-state index in [9.17, 15) is 8.78 Å². The third kappa shape index (κ3) is 3.68. The number of halogens is 2. The molecule has 0 amide bonds. The van der Waals surface area contributed by atoms with Gasteiger partial charge in [0.1, 0.15) is 24.0 Å². The van der Waals surface area contributed by atoms with E-state index in [0.717, 1.165) is 5.56 Å². The van der Waals surface area contributed by atoms with Crippen LogP contribution in [-0.2, 0) is 0 Å². The van der Waals surface area contributed by atoms with Crippen molar-refractivity contribution < 1.29 is 13.5 Å². The summed E-state index contributed by atoms with van der Waals surface area (Å²) in [5.74, 6) is -0.123. The standard InChI is InChI=1S/C15H15F2NO/c1-11-6-7-12(16)10-15(11)19-9-8-18-14-5-3-2-4-13(14)17/h2-7,10,18H,8-9H2,1H3. The largest absolute Gasteiger partial charge is 0.491 e. The van der Waals surface area contributed by atoms with Gasteiger partial charge in [-0.1, -0.05) is 18.2 Å². The summed E-state index contributed by atoms with van der Waals surface area (Å²) in [4.78, 5) is 0. The van der Waals surface area contributed by atoms with E-state index in [1.807, 2.05) is 6.92 Å². The van der Waals surface area contributed by atoms with Gasteiger partial charge in [-0.15, -0.1) is 0 Å². The van der Waals surface area contributed by atoms with Crippen LogP contribution in [0, 0.1) is 18.6 Å². The molecule has 0 aliphatic carbocycles. The Bertz CT molecular complexity index is 558. The van der Waals surface area contributed by atoms with Gasteiger partial charge in [-0.3, -0.25) is 0 Å². The van der Waals surface area contributed by atoms with Crippen LogP contribution in [0.2, 0.25) is 0 Å². The molecule has 0 saturated heterocycles. The predicted molar refractivity (Wildman–Crippen MR) is 71.5 cm³/mol. The first-order valence-corrected chi connectivity index (χ1v) is 6.04. The van der Waals surface area contributed by atoms with Gasteiger partial charge in [-0.2, -0.15) is 0 Å². The van der Waals surface area contributed by atoms with Crippen molar-refractivity contribution in [1.29, 1.82) is 0 Å². The highest BCUT2D eigenvalue weighted by Gasteiger charge is 2.02. The van der Waals surface area contributed by atoms with E-state index in [4.69, 9.17) is 4.74 Å². The van der Waals surface area contributed by atoms with Crippen LogP contribution in [0.5, 0.6) is 5.75 Å². The summed E-state index contributed by atoms with van der Waals surface area (Å²) in [7, 11) is 0. The number of aryl methyl sites for hydroxylation is 1. The second-order valence-electron chi connectivity index (χ2n) is 4.16. The monoisotopic (exact) mass is 263 g/mol. The molecule has 0 aromatic heterocycles. The van der Waals surface area contributed by atoms with Gasteiger partial charge in [0, 0.05) is 12.6 Å². The van der Waals surface area contributed by atoms with Crippen molar-refractivity contribution in [2.45, 2.75) is 6.92 Å². The quantitative estimate of drug-likeness (QED) is 0.829. The smallest absolute Gasteiger partial charge is 0.146 e. The minimum atomic E-state index is -0.331. The lowest BCUT2D eigenvalue weighted by Gasteiger charge is -2.11. The molecule has 2 nitrogen and oxygen atoms in total. The molecule has 0 atom stereocenters. The molecule has 0 spiro atoms. The first-order valence-electron chi connectivity index (χ1n) is 6.04. The fraction of sp³-hybridized carbons (Fsp3) is 0.200. The second kappa shape index (κ2) is 6.18. The van der Waals surface area contributed by atoms with Gasteiger partial charge in [0.25, 0.3) is 0 Å². The third-order valence-electron chi connectivity index (χ3n) is 2.70. The molecule has 100 valence electrons. The van der Waals surface area contributed by atoms with Crippen molar-refractivity contribution in [3.05, 3.63) is 59.7 Å². The van der Waals surface area contributed by atoms with Crippen molar-refractivity contribution >= 4 is 5.69 Å². The Kier molecular flexibility index (Phi) is 4.34. The van der Waals surface area contributed by atoms with E-state index in [-0.39, 0.29) is 11.6 Å². The van der Waals surface area contributed by atoms with Crippen LogP contribution >= 0.6 is 0 Å². The number of hydrogen-bond acceptors (Lipinski definition) is 2. The molecule has 0 aliphatic rings. The molecule has 0 saturated carbocycles. The van der Waals surface area contributed by atoms with Crippen LogP contribution in [0.4, 0.5) is 14.5 Å². The van der Waals surface area contributed by atoms with Crippen molar-refractivity contribution in [3.8, 4) is 5.75 Å². The second-order valence-corrected chi connectivity index (χ2v) is 4.16. The topological polar surface area (TPSA) is 21.3 Å². The summed E-state index contributed by atoms with van der Waals surface area (Å²) >= 11 is 0. The zero-order chi connectivity index (χ0) is 13.7. The molecular weight excluding hydrogens is 248 g/mol. The molecule has 0 radical (unpaired) electrons. The van der Waals surface area contributed by atoms with Gasteiger partial charge in [0.15, 0.2) is 0 Å². The molecule has 0 bridgehead atoms. The van der Waals surface area contributed by atoms with Crippen LogP contribution in [0.25, 0.3) is 0 Å². The lowest BCUT2D eigenvalue weighted by molar-refractivity contribution is 0.328. The van der Waals surface area contributed by atoms with E-state index in [2.05, 4.69) is 5.32 Å². The number of ether oxygens (including phenoxy) is 1. The summed E-state index contributed by atoms with van der Waals surface area (Å²) in [6.45, 7) is 2.62. The molecule has 0 heterocycles.